The predicted octanol–water partition coefficient (Wildman–Crippen LogP) is 4.14. The van der Waals surface area contributed by atoms with Crippen molar-refractivity contribution in [1.29, 1.82) is 0 Å². The summed E-state index contributed by atoms with van der Waals surface area (Å²) in [6.07, 6.45) is 0.949. The van der Waals surface area contributed by atoms with Crippen LogP contribution in [0.15, 0.2) is 36.4 Å². The van der Waals surface area contributed by atoms with Gasteiger partial charge in [0, 0.05) is 23.7 Å². The number of methoxy groups -OCH3 is 2. The van der Waals surface area contributed by atoms with Gasteiger partial charge in [-0.25, -0.2) is 4.68 Å². The summed E-state index contributed by atoms with van der Waals surface area (Å²) in [5, 5.41) is 8.47. The van der Waals surface area contributed by atoms with Crippen LogP contribution in [0.4, 0.5) is 5.82 Å². The van der Waals surface area contributed by atoms with Crippen molar-refractivity contribution in [1.82, 2.24) is 9.78 Å². The summed E-state index contributed by atoms with van der Waals surface area (Å²) in [6, 6.07) is 12.2. The van der Waals surface area contributed by atoms with Gasteiger partial charge in [0.1, 0.15) is 23.0 Å². The lowest BCUT2D eigenvalue weighted by atomic mass is 10.1. The number of nitrogens with zero attached hydrogens (tertiary/aromatic N) is 2. The maximum Gasteiger partial charge on any atom is 0.133 e. The number of aromatic nitrogens is 2. The Morgan fingerprint density at radius 3 is 2.69 bits per heavy atom. The SMILES string of the molecule is COc1ccc(-c2nn(-c3cccc(C)c3C)c3c2CCN3)c(OC)c1. The number of hydrogen-bond acceptors (Lipinski definition) is 4. The number of nitrogens with one attached hydrogen (secondary N) is 1. The second-order valence-electron chi connectivity index (χ2n) is 6.55. The van der Waals surface area contributed by atoms with Gasteiger partial charge in [0.15, 0.2) is 0 Å². The predicted molar refractivity (Wildman–Crippen MR) is 104 cm³/mol. The Labute approximate surface area is 153 Å². The van der Waals surface area contributed by atoms with Crippen LogP contribution in [0, 0.1) is 13.8 Å². The van der Waals surface area contributed by atoms with Crippen molar-refractivity contribution in [2.45, 2.75) is 20.3 Å². The molecule has 1 aromatic heterocycles. The topological polar surface area (TPSA) is 48.3 Å². The lowest BCUT2D eigenvalue weighted by Crippen LogP contribution is -2.06. The van der Waals surface area contributed by atoms with E-state index in [9.17, 15) is 0 Å². The Balaban J connectivity index is 1.92. The van der Waals surface area contributed by atoms with E-state index in [0.29, 0.717) is 0 Å². The Morgan fingerprint density at radius 2 is 1.92 bits per heavy atom. The van der Waals surface area contributed by atoms with Crippen LogP contribution in [0.2, 0.25) is 0 Å². The molecule has 0 radical (unpaired) electrons. The monoisotopic (exact) mass is 349 g/mol. The van der Waals surface area contributed by atoms with Crippen molar-refractivity contribution >= 4 is 5.82 Å². The number of ether oxygens (including phenoxy) is 2. The Hall–Kier alpha value is -2.95. The van der Waals surface area contributed by atoms with Crippen molar-refractivity contribution in [2.75, 3.05) is 26.1 Å². The number of rotatable bonds is 4. The highest BCUT2D eigenvalue weighted by Gasteiger charge is 2.26. The summed E-state index contributed by atoms with van der Waals surface area (Å²) in [5.41, 5.74) is 6.78. The maximum absolute atomic E-state index is 5.61. The third kappa shape index (κ3) is 2.51. The van der Waals surface area contributed by atoms with Gasteiger partial charge in [-0.2, -0.15) is 5.10 Å². The zero-order chi connectivity index (χ0) is 18.3. The molecule has 2 heterocycles. The van der Waals surface area contributed by atoms with E-state index in [1.54, 1.807) is 14.2 Å². The van der Waals surface area contributed by atoms with Crippen LogP contribution in [0.1, 0.15) is 16.7 Å². The molecule has 1 N–H and O–H groups in total. The van der Waals surface area contributed by atoms with E-state index in [1.165, 1.54) is 16.7 Å². The first-order valence-corrected chi connectivity index (χ1v) is 8.78. The quantitative estimate of drug-likeness (QED) is 0.769. The van der Waals surface area contributed by atoms with Gasteiger partial charge >= 0.3 is 0 Å². The van der Waals surface area contributed by atoms with Gasteiger partial charge in [0.2, 0.25) is 0 Å². The van der Waals surface area contributed by atoms with Crippen LogP contribution < -0.4 is 14.8 Å². The molecular formula is C21H23N3O2. The summed E-state index contributed by atoms with van der Waals surface area (Å²) in [6.45, 7) is 5.19. The molecule has 0 spiro atoms. The van der Waals surface area contributed by atoms with Gasteiger partial charge in [0.05, 0.1) is 19.9 Å². The minimum Gasteiger partial charge on any atom is -0.497 e. The molecule has 0 saturated carbocycles. The molecule has 1 aliphatic heterocycles. The molecule has 134 valence electrons. The van der Waals surface area contributed by atoms with Crippen molar-refractivity contribution in [3.05, 3.63) is 53.1 Å². The molecule has 5 nitrogen and oxygen atoms in total. The van der Waals surface area contributed by atoms with Gasteiger partial charge in [0.25, 0.3) is 0 Å². The first kappa shape index (κ1) is 16.5. The van der Waals surface area contributed by atoms with E-state index in [-0.39, 0.29) is 0 Å². The molecule has 0 bridgehead atoms. The lowest BCUT2D eigenvalue weighted by molar-refractivity contribution is 0.395. The molecule has 26 heavy (non-hydrogen) atoms. The maximum atomic E-state index is 5.61. The number of benzene rings is 2. The number of aryl methyl sites for hydroxylation is 1. The van der Waals surface area contributed by atoms with E-state index >= 15 is 0 Å². The standard InChI is InChI=1S/C21H23N3O2/c1-13-6-5-7-18(14(13)2)24-21-17(10-11-22-21)20(23-24)16-9-8-15(25-3)12-19(16)26-4/h5-9,12,22H,10-11H2,1-4H3. The molecule has 3 aromatic rings. The molecule has 1 aliphatic rings. The summed E-state index contributed by atoms with van der Waals surface area (Å²) >= 11 is 0. The minimum atomic E-state index is 0.768. The van der Waals surface area contributed by atoms with Crippen LogP contribution in [0.3, 0.4) is 0 Å². The van der Waals surface area contributed by atoms with E-state index < -0.39 is 0 Å². The second kappa shape index (κ2) is 6.41. The number of anilines is 1. The van der Waals surface area contributed by atoms with Gasteiger partial charge < -0.3 is 14.8 Å². The summed E-state index contributed by atoms with van der Waals surface area (Å²) in [4.78, 5) is 0. The number of fused-ring (bicyclic) bond motifs is 1. The minimum absolute atomic E-state index is 0.768. The van der Waals surface area contributed by atoms with Crippen LogP contribution in [-0.4, -0.2) is 30.5 Å². The van der Waals surface area contributed by atoms with Crippen LogP contribution >= 0.6 is 0 Å². The van der Waals surface area contributed by atoms with Gasteiger partial charge in [-0.1, -0.05) is 12.1 Å². The normalized spacial score (nSPS) is 12.6. The first-order chi connectivity index (χ1) is 12.6. The second-order valence-corrected chi connectivity index (χ2v) is 6.55. The average Bonchev–Trinajstić information content (AvgIpc) is 3.26. The highest BCUT2D eigenvalue weighted by molar-refractivity contribution is 5.77. The van der Waals surface area contributed by atoms with Gasteiger partial charge in [-0.3, -0.25) is 0 Å². The highest BCUT2D eigenvalue weighted by Crippen LogP contribution is 2.40. The first-order valence-electron chi connectivity index (χ1n) is 8.78. The van der Waals surface area contributed by atoms with Crippen molar-refractivity contribution in [3.8, 4) is 28.4 Å². The fourth-order valence-corrected chi connectivity index (χ4v) is 3.52. The third-order valence-electron chi connectivity index (χ3n) is 5.12. The summed E-state index contributed by atoms with van der Waals surface area (Å²) in [5.74, 6) is 2.62. The van der Waals surface area contributed by atoms with E-state index in [4.69, 9.17) is 14.6 Å². The zero-order valence-corrected chi connectivity index (χ0v) is 15.6. The molecule has 0 amide bonds. The fraction of sp³-hybridized carbons (Fsp3) is 0.286. The fourth-order valence-electron chi connectivity index (χ4n) is 3.52. The van der Waals surface area contributed by atoms with E-state index in [0.717, 1.165) is 47.2 Å². The highest BCUT2D eigenvalue weighted by atomic mass is 16.5. The third-order valence-corrected chi connectivity index (χ3v) is 5.12. The molecular weight excluding hydrogens is 326 g/mol. The lowest BCUT2D eigenvalue weighted by Gasteiger charge is -2.12. The van der Waals surface area contributed by atoms with E-state index in [1.807, 2.05) is 22.9 Å². The van der Waals surface area contributed by atoms with Crippen LogP contribution in [0.25, 0.3) is 16.9 Å². The van der Waals surface area contributed by atoms with Crippen molar-refractivity contribution in [3.63, 3.8) is 0 Å². The van der Waals surface area contributed by atoms with Gasteiger partial charge in [-0.05, 0) is 49.6 Å². The summed E-state index contributed by atoms with van der Waals surface area (Å²) in [7, 11) is 3.34. The Kier molecular flexibility index (Phi) is 4.07. The smallest absolute Gasteiger partial charge is 0.133 e. The molecule has 0 unspecified atom stereocenters. The molecule has 0 fully saturated rings. The zero-order valence-electron chi connectivity index (χ0n) is 15.6. The summed E-state index contributed by atoms with van der Waals surface area (Å²) < 4.78 is 13.0. The molecule has 4 rings (SSSR count). The molecule has 2 aromatic carbocycles. The largest absolute Gasteiger partial charge is 0.497 e. The number of hydrogen-bond donors (Lipinski definition) is 1. The van der Waals surface area contributed by atoms with E-state index in [2.05, 4.69) is 37.4 Å². The van der Waals surface area contributed by atoms with Crippen molar-refractivity contribution < 1.29 is 9.47 Å². The van der Waals surface area contributed by atoms with Gasteiger partial charge in [-0.15, -0.1) is 0 Å². The van der Waals surface area contributed by atoms with Crippen LogP contribution in [0.5, 0.6) is 11.5 Å². The molecule has 0 saturated heterocycles. The molecule has 5 heteroatoms. The van der Waals surface area contributed by atoms with Crippen LogP contribution in [-0.2, 0) is 6.42 Å². The van der Waals surface area contributed by atoms with Crippen molar-refractivity contribution in [2.24, 2.45) is 0 Å². The average molecular weight is 349 g/mol. The molecule has 0 aliphatic carbocycles. The Bertz CT molecular complexity index is 976. The Morgan fingerprint density at radius 1 is 1.08 bits per heavy atom. The molecule has 0 atom stereocenters.